The van der Waals surface area contributed by atoms with Crippen molar-refractivity contribution in [2.24, 2.45) is 5.92 Å². The highest BCUT2D eigenvalue weighted by molar-refractivity contribution is 6.01. The van der Waals surface area contributed by atoms with Gasteiger partial charge in [-0.2, -0.15) is 0 Å². The molecule has 2 saturated heterocycles. The zero-order valence-electron chi connectivity index (χ0n) is 15.1. The maximum Gasteiger partial charge on any atom is 0.228 e. The number of morpholine rings is 1. The molecular weight excluding hydrogens is 320 g/mol. The van der Waals surface area contributed by atoms with E-state index >= 15 is 0 Å². The van der Waals surface area contributed by atoms with Gasteiger partial charge in [-0.25, -0.2) is 0 Å². The maximum absolute atomic E-state index is 12.9. The molecule has 2 amide bonds. The highest BCUT2D eigenvalue weighted by Crippen LogP contribution is 2.33. The van der Waals surface area contributed by atoms with Crippen LogP contribution in [-0.2, 0) is 14.3 Å². The molecule has 136 valence electrons. The van der Waals surface area contributed by atoms with Crippen LogP contribution in [-0.4, -0.2) is 55.2 Å². The fourth-order valence-corrected chi connectivity index (χ4v) is 3.68. The van der Waals surface area contributed by atoms with Gasteiger partial charge in [0.15, 0.2) is 0 Å². The van der Waals surface area contributed by atoms with Crippen molar-refractivity contribution in [2.45, 2.75) is 39.4 Å². The number of nitrogens with zero attached hydrogens (tertiary/aromatic N) is 2. The zero-order valence-corrected chi connectivity index (χ0v) is 15.1. The van der Waals surface area contributed by atoms with Crippen molar-refractivity contribution >= 4 is 17.5 Å². The molecule has 3 unspecified atom stereocenters. The summed E-state index contributed by atoms with van der Waals surface area (Å²) in [6.07, 6.45) is 0.304. The number of anilines is 1. The first-order valence-corrected chi connectivity index (χ1v) is 8.96. The van der Waals surface area contributed by atoms with Gasteiger partial charge >= 0.3 is 0 Å². The van der Waals surface area contributed by atoms with E-state index in [-0.39, 0.29) is 36.4 Å². The number of ether oxygens (including phenoxy) is 2. The van der Waals surface area contributed by atoms with E-state index in [1.54, 1.807) is 4.90 Å². The summed E-state index contributed by atoms with van der Waals surface area (Å²) in [5, 5.41) is 0. The number of hydrogen-bond acceptors (Lipinski definition) is 4. The first-order valence-electron chi connectivity index (χ1n) is 8.96. The summed E-state index contributed by atoms with van der Waals surface area (Å²) < 4.78 is 11.3. The van der Waals surface area contributed by atoms with Crippen LogP contribution in [0.25, 0.3) is 0 Å². The lowest BCUT2D eigenvalue weighted by molar-refractivity contribution is -0.147. The molecule has 0 N–H and O–H groups in total. The van der Waals surface area contributed by atoms with Crippen molar-refractivity contribution in [3.05, 3.63) is 24.3 Å². The van der Waals surface area contributed by atoms with Gasteiger partial charge in [0.05, 0.1) is 30.4 Å². The molecule has 2 heterocycles. The lowest BCUT2D eigenvalue weighted by Gasteiger charge is -2.36. The molecular formula is C19H26N2O4. The van der Waals surface area contributed by atoms with Gasteiger partial charge in [-0.3, -0.25) is 9.59 Å². The Morgan fingerprint density at radius 1 is 1.20 bits per heavy atom. The fourth-order valence-electron chi connectivity index (χ4n) is 3.68. The van der Waals surface area contributed by atoms with Gasteiger partial charge < -0.3 is 19.3 Å². The van der Waals surface area contributed by atoms with Crippen LogP contribution in [0.2, 0.25) is 0 Å². The van der Waals surface area contributed by atoms with E-state index < -0.39 is 0 Å². The summed E-state index contributed by atoms with van der Waals surface area (Å²) >= 11 is 0. The van der Waals surface area contributed by atoms with Crippen LogP contribution in [0.5, 0.6) is 5.75 Å². The topological polar surface area (TPSA) is 59.1 Å². The molecule has 0 bridgehead atoms. The quantitative estimate of drug-likeness (QED) is 0.837. The molecule has 2 fully saturated rings. The first-order chi connectivity index (χ1) is 12.0. The smallest absolute Gasteiger partial charge is 0.228 e. The van der Waals surface area contributed by atoms with E-state index in [2.05, 4.69) is 0 Å². The van der Waals surface area contributed by atoms with Crippen molar-refractivity contribution in [3.63, 3.8) is 0 Å². The van der Waals surface area contributed by atoms with Gasteiger partial charge in [0.25, 0.3) is 0 Å². The van der Waals surface area contributed by atoms with Gasteiger partial charge in [0.2, 0.25) is 11.8 Å². The van der Waals surface area contributed by atoms with Crippen molar-refractivity contribution in [1.82, 2.24) is 4.90 Å². The summed E-state index contributed by atoms with van der Waals surface area (Å²) in [7, 11) is 0. The molecule has 6 heteroatoms. The third kappa shape index (κ3) is 3.79. The van der Waals surface area contributed by atoms with Gasteiger partial charge in [-0.05, 0) is 32.9 Å². The van der Waals surface area contributed by atoms with Crippen molar-refractivity contribution in [2.75, 3.05) is 31.1 Å². The lowest BCUT2D eigenvalue weighted by atomic mass is 10.1. The van der Waals surface area contributed by atoms with Crippen LogP contribution in [0, 0.1) is 5.92 Å². The van der Waals surface area contributed by atoms with E-state index in [9.17, 15) is 9.59 Å². The Bertz CT molecular complexity index is 638. The Labute approximate surface area is 148 Å². The second-order valence-corrected chi connectivity index (χ2v) is 6.81. The maximum atomic E-state index is 12.9. The minimum absolute atomic E-state index is 0.0274. The van der Waals surface area contributed by atoms with Crippen molar-refractivity contribution < 1.29 is 19.1 Å². The summed E-state index contributed by atoms with van der Waals surface area (Å²) in [5.74, 6) is 0.395. The number of carbonyl (C=O) groups is 2. The molecule has 1 aromatic rings. The highest BCUT2D eigenvalue weighted by Gasteiger charge is 2.39. The average Bonchev–Trinajstić information content (AvgIpc) is 2.96. The molecule has 0 aromatic heterocycles. The Kier molecular flexibility index (Phi) is 5.27. The second kappa shape index (κ2) is 7.44. The summed E-state index contributed by atoms with van der Waals surface area (Å²) in [6.45, 7) is 7.97. The molecule has 2 aliphatic rings. The Morgan fingerprint density at radius 2 is 1.88 bits per heavy atom. The summed E-state index contributed by atoms with van der Waals surface area (Å²) in [4.78, 5) is 28.9. The monoisotopic (exact) mass is 346 g/mol. The Morgan fingerprint density at radius 3 is 2.56 bits per heavy atom. The largest absolute Gasteiger partial charge is 0.492 e. The molecule has 25 heavy (non-hydrogen) atoms. The van der Waals surface area contributed by atoms with Gasteiger partial charge in [-0.1, -0.05) is 12.1 Å². The number of amides is 2. The van der Waals surface area contributed by atoms with E-state index in [0.717, 1.165) is 5.69 Å². The van der Waals surface area contributed by atoms with Crippen LogP contribution in [0.1, 0.15) is 27.2 Å². The van der Waals surface area contributed by atoms with Crippen LogP contribution in [0.15, 0.2) is 24.3 Å². The number of rotatable bonds is 4. The molecule has 3 atom stereocenters. The minimum atomic E-state index is -0.306. The van der Waals surface area contributed by atoms with E-state index in [4.69, 9.17) is 9.47 Å². The average molecular weight is 346 g/mol. The molecule has 0 aliphatic carbocycles. The molecule has 0 radical (unpaired) electrons. The molecule has 6 nitrogen and oxygen atoms in total. The van der Waals surface area contributed by atoms with Crippen molar-refractivity contribution in [1.29, 1.82) is 0 Å². The summed E-state index contributed by atoms with van der Waals surface area (Å²) in [6, 6.07) is 7.49. The normalized spacial score (nSPS) is 26.8. The fraction of sp³-hybridized carbons (Fsp3) is 0.579. The van der Waals surface area contributed by atoms with Gasteiger partial charge in [0.1, 0.15) is 5.75 Å². The molecule has 0 spiro atoms. The third-order valence-corrected chi connectivity index (χ3v) is 4.66. The van der Waals surface area contributed by atoms with Crippen LogP contribution in [0.4, 0.5) is 5.69 Å². The summed E-state index contributed by atoms with van der Waals surface area (Å²) in [5.41, 5.74) is 0.744. The van der Waals surface area contributed by atoms with Crippen LogP contribution in [0.3, 0.4) is 0 Å². The highest BCUT2D eigenvalue weighted by atomic mass is 16.5. The third-order valence-electron chi connectivity index (χ3n) is 4.66. The Hall–Kier alpha value is -2.08. The number of para-hydroxylation sites is 2. The number of hydrogen-bond donors (Lipinski definition) is 0. The Balaban J connectivity index is 1.73. The second-order valence-electron chi connectivity index (χ2n) is 6.81. The van der Waals surface area contributed by atoms with E-state index in [0.29, 0.717) is 32.0 Å². The van der Waals surface area contributed by atoms with Crippen molar-refractivity contribution in [3.8, 4) is 5.75 Å². The molecule has 2 aliphatic heterocycles. The predicted molar refractivity (Wildman–Crippen MR) is 94.7 cm³/mol. The predicted octanol–water partition coefficient (Wildman–Crippen LogP) is 2.07. The van der Waals surface area contributed by atoms with E-state index in [1.165, 1.54) is 0 Å². The number of benzene rings is 1. The SMILES string of the molecule is CCOc1ccccc1N1CC(C(=O)N2CC(C)OC(C)C2)CC1=O. The van der Waals surface area contributed by atoms with Gasteiger partial charge in [-0.15, -0.1) is 0 Å². The van der Waals surface area contributed by atoms with Gasteiger partial charge in [0, 0.05) is 26.1 Å². The van der Waals surface area contributed by atoms with Crippen LogP contribution >= 0.6 is 0 Å². The molecule has 0 saturated carbocycles. The number of carbonyl (C=O) groups excluding carboxylic acids is 2. The first kappa shape index (κ1) is 17.7. The molecule has 3 rings (SSSR count). The lowest BCUT2D eigenvalue weighted by Crippen LogP contribution is -2.50. The molecule has 1 aromatic carbocycles. The van der Waals surface area contributed by atoms with Crippen LogP contribution < -0.4 is 9.64 Å². The van der Waals surface area contributed by atoms with E-state index in [1.807, 2.05) is 49.9 Å². The minimum Gasteiger partial charge on any atom is -0.492 e. The zero-order chi connectivity index (χ0) is 18.0. The standard InChI is InChI=1S/C19H26N2O4/c1-4-24-17-8-6-5-7-16(17)21-12-15(9-18(21)22)19(23)20-10-13(2)25-14(3)11-20/h5-8,13-15H,4,9-12H2,1-3H3.